The lowest BCUT2D eigenvalue weighted by Gasteiger charge is -2.26. The van der Waals surface area contributed by atoms with Crippen molar-refractivity contribution < 1.29 is 18.7 Å². The molecule has 0 saturated carbocycles. The first-order chi connectivity index (χ1) is 17.4. The van der Waals surface area contributed by atoms with Crippen molar-refractivity contribution in [2.75, 3.05) is 40.9 Å². The van der Waals surface area contributed by atoms with Crippen molar-refractivity contribution in [2.24, 2.45) is 0 Å². The number of ether oxygens (including phenoxy) is 2. The molecular formula is C28H33N3O5. The first kappa shape index (κ1) is 25.3. The molecule has 4 rings (SSSR count). The Balaban J connectivity index is 1.53. The van der Waals surface area contributed by atoms with Gasteiger partial charge in [-0.1, -0.05) is 24.3 Å². The van der Waals surface area contributed by atoms with E-state index < -0.39 is 0 Å². The number of aromatic nitrogens is 1. The summed E-state index contributed by atoms with van der Waals surface area (Å²) < 4.78 is 17.9. The van der Waals surface area contributed by atoms with E-state index in [0.29, 0.717) is 42.3 Å². The number of amides is 1. The number of methoxy groups -OCH3 is 2. The summed E-state index contributed by atoms with van der Waals surface area (Å²) in [5.41, 5.74) is 2.09. The first-order valence-corrected chi connectivity index (χ1v) is 12.1. The summed E-state index contributed by atoms with van der Waals surface area (Å²) in [5, 5.41) is 0. The molecule has 1 aromatic carbocycles. The number of furan rings is 1. The van der Waals surface area contributed by atoms with E-state index in [4.69, 9.17) is 13.9 Å². The third-order valence-corrected chi connectivity index (χ3v) is 6.77. The summed E-state index contributed by atoms with van der Waals surface area (Å²) in [6.45, 7) is 4.58. The van der Waals surface area contributed by atoms with Gasteiger partial charge in [-0.3, -0.25) is 14.5 Å². The predicted octanol–water partition coefficient (Wildman–Crippen LogP) is 3.86. The predicted molar refractivity (Wildman–Crippen MR) is 139 cm³/mol. The first-order valence-electron chi connectivity index (χ1n) is 12.1. The Kier molecular flexibility index (Phi) is 7.95. The number of benzene rings is 1. The minimum Gasteiger partial charge on any atom is -0.497 e. The van der Waals surface area contributed by atoms with Gasteiger partial charge >= 0.3 is 0 Å². The van der Waals surface area contributed by atoms with Crippen LogP contribution in [0.15, 0.2) is 64.0 Å². The SMILES string of the molecule is COc1ccc(C=CCN2CCc3c(C(=O)N(C)C(C)c4ccco4)c(OC)cc(=O)n3CC2)cc1. The maximum Gasteiger partial charge on any atom is 0.259 e. The average molecular weight is 492 g/mol. The molecule has 1 aliphatic rings. The molecule has 1 aliphatic heterocycles. The fourth-order valence-corrected chi connectivity index (χ4v) is 4.49. The molecule has 0 N–H and O–H groups in total. The molecule has 8 heteroatoms. The number of carbonyl (C=O) groups is 1. The largest absolute Gasteiger partial charge is 0.497 e. The van der Waals surface area contributed by atoms with E-state index in [-0.39, 0.29) is 17.5 Å². The molecule has 0 radical (unpaired) electrons. The van der Waals surface area contributed by atoms with E-state index in [9.17, 15) is 9.59 Å². The van der Waals surface area contributed by atoms with Gasteiger partial charge in [0.25, 0.3) is 11.5 Å². The van der Waals surface area contributed by atoms with Crippen molar-refractivity contribution in [2.45, 2.75) is 25.9 Å². The highest BCUT2D eigenvalue weighted by Crippen LogP contribution is 2.28. The molecule has 36 heavy (non-hydrogen) atoms. The van der Waals surface area contributed by atoms with Crippen molar-refractivity contribution >= 4 is 12.0 Å². The van der Waals surface area contributed by atoms with E-state index in [0.717, 1.165) is 24.4 Å². The van der Waals surface area contributed by atoms with Crippen LogP contribution in [0, 0.1) is 0 Å². The van der Waals surface area contributed by atoms with Crippen LogP contribution in [0.2, 0.25) is 0 Å². The quantitative estimate of drug-likeness (QED) is 0.476. The Morgan fingerprint density at radius 1 is 1.14 bits per heavy atom. The number of pyridine rings is 1. The standard InChI is InChI=1S/C28H33N3O5/c1-20(24-8-6-18-36-24)29(2)28(33)27-23-13-15-30(16-17-31(23)26(32)19-25(27)35-4)14-5-7-21-9-11-22(34-3)12-10-21/h5-12,18-20H,13-17H2,1-4H3. The van der Waals surface area contributed by atoms with Gasteiger partial charge in [0.1, 0.15) is 22.8 Å². The van der Waals surface area contributed by atoms with Gasteiger partial charge in [-0.2, -0.15) is 0 Å². The number of hydrogen-bond acceptors (Lipinski definition) is 6. The zero-order valence-corrected chi connectivity index (χ0v) is 21.3. The van der Waals surface area contributed by atoms with Gasteiger partial charge in [0.2, 0.25) is 0 Å². The number of fused-ring (bicyclic) bond motifs is 1. The zero-order chi connectivity index (χ0) is 25.7. The molecule has 0 spiro atoms. The van der Waals surface area contributed by atoms with E-state index >= 15 is 0 Å². The van der Waals surface area contributed by atoms with Crippen molar-refractivity contribution in [1.82, 2.24) is 14.4 Å². The maximum absolute atomic E-state index is 13.7. The van der Waals surface area contributed by atoms with Crippen LogP contribution < -0.4 is 15.0 Å². The van der Waals surface area contributed by atoms with E-state index in [1.807, 2.05) is 37.3 Å². The van der Waals surface area contributed by atoms with Gasteiger partial charge in [-0.25, -0.2) is 0 Å². The summed E-state index contributed by atoms with van der Waals surface area (Å²) in [7, 11) is 4.88. The lowest BCUT2D eigenvalue weighted by molar-refractivity contribution is 0.0720. The molecule has 0 fully saturated rings. The monoisotopic (exact) mass is 491 g/mol. The van der Waals surface area contributed by atoms with Crippen LogP contribution >= 0.6 is 0 Å². The normalized spacial score (nSPS) is 14.8. The Hall–Kier alpha value is -3.78. The Bertz CT molecular complexity index is 1260. The van der Waals surface area contributed by atoms with Crippen molar-refractivity contribution in [3.63, 3.8) is 0 Å². The Labute approximate surface area is 211 Å². The van der Waals surface area contributed by atoms with Crippen LogP contribution in [0.1, 0.15) is 40.3 Å². The second-order valence-corrected chi connectivity index (χ2v) is 8.86. The number of hydrogen-bond donors (Lipinski definition) is 0. The lowest BCUT2D eigenvalue weighted by atomic mass is 10.1. The number of rotatable bonds is 8. The summed E-state index contributed by atoms with van der Waals surface area (Å²) >= 11 is 0. The minimum atomic E-state index is -0.268. The highest BCUT2D eigenvalue weighted by molar-refractivity contribution is 5.98. The molecule has 0 aliphatic carbocycles. The Morgan fingerprint density at radius 2 is 1.92 bits per heavy atom. The minimum absolute atomic E-state index is 0.157. The summed E-state index contributed by atoms with van der Waals surface area (Å²) in [6.07, 6.45) is 6.35. The third-order valence-electron chi connectivity index (χ3n) is 6.77. The van der Waals surface area contributed by atoms with Crippen LogP contribution in [-0.2, 0) is 13.0 Å². The molecule has 3 aromatic rings. The zero-order valence-electron chi connectivity index (χ0n) is 21.3. The van der Waals surface area contributed by atoms with Crippen molar-refractivity contribution in [1.29, 1.82) is 0 Å². The highest BCUT2D eigenvalue weighted by Gasteiger charge is 2.29. The summed E-state index contributed by atoms with van der Waals surface area (Å²) in [6, 6.07) is 12.7. The second-order valence-electron chi connectivity index (χ2n) is 8.86. The lowest BCUT2D eigenvalue weighted by Crippen LogP contribution is -2.34. The molecule has 8 nitrogen and oxygen atoms in total. The van der Waals surface area contributed by atoms with Gasteiger partial charge in [-0.05, 0) is 36.8 Å². The molecule has 0 saturated heterocycles. The van der Waals surface area contributed by atoms with Gasteiger partial charge in [-0.15, -0.1) is 0 Å². The van der Waals surface area contributed by atoms with E-state index in [1.165, 1.54) is 13.2 Å². The summed E-state index contributed by atoms with van der Waals surface area (Å²) in [4.78, 5) is 30.5. The van der Waals surface area contributed by atoms with E-state index in [1.54, 1.807) is 36.0 Å². The third kappa shape index (κ3) is 5.39. The Morgan fingerprint density at radius 3 is 2.58 bits per heavy atom. The van der Waals surface area contributed by atoms with Gasteiger partial charge in [0.15, 0.2) is 0 Å². The smallest absolute Gasteiger partial charge is 0.259 e. The molecule has 0 bridgehead atoms. The maximum atomic E-state index is 13.7. The van der Waals surface area contributed by atoms with Crippen LogP contribution in [0.3, 0.4) is 0 Å². The van der Waals surface area contributed by atoms with Crippen LogP contribution in [-0.4, -0.2) is 61.2 Å². The van der Waals surface area contributed by atoms with Crippen LogP contribution in [0.4, 0.5) is 0 Å². The fraction of sp³-hybridized carbons (Fsp3) is 0.357. The molecule has 3 heterocycles. The van der Waals surface area contributed by atoms with E-state index in [2.05, 4.69) is 17.1 Å². The van der Waals surface area contributed by atoms with Crippen LogP contribution in [0.5, 0.6) is 11.5 Å². The molecule has 2 aromatic heterocycles. The molecule has 1 amide bonds. The van der Waals surface area contributed by atoms with Gasteiger partial charge < -0.3 is 23.4 Å². The number of carbonyl (C=O) groups excluding carboxylic acids is 1. The average Bonchev–Trinajstić information content (AvgIpc) is 3.36. The van der Waals surface area contributed by atoms with Gasteiger partial charge in [0.05, 0.1) is 26.5 Å². The molecular weight excluding hydrogens is 458 g/mol. The molecule has 1 unspecified atom stereocenters. The second kappa shape index (κ2) is 11.3. The molecule has 1 atom stereocenters. The fourth-order valence-electron chi connectivity index (χ4n) is 4.49. The van der Waals surface area contributed by atoms with Crippen molar-refractivity contribution in [3.05, 3.63) is 87.7 Å². The number of nitrogens with zero attached hydrogens (tertiary/aromatic N) is 3. The molecule has 190 valence electrons. The topological polar surface area (TPSA) is 77.2 Å². The van der Waals surface area contributed by atoms with Gasteiger partial charge in [0, 0.05) is 51.4 Å². The van der Waals surface area contributed by atoms with Crippen LogP contribution in [0.25, 0.3) is 6.08 Å². The summed E-state index contributed by atoms with van der Waals surface area (Å²) in [5.74, 6) is 1.63. The highest BCUT2D eigenvalue weighted by atomic mass is 16.5. The van der Waals surface area contributed by atoms with Crippen molar-refractivity contribution in [3.8, 4) is 11.5 Å².